The van der Waals surface area contributed by atoms with Crippen molar-refractivity contribution in [2.45, 2.75) is 19.9 Å². The Hall–Kier alpha value is -1.46. The number of carbonyl (C=O) groups excluding carboxylic acids is 1. The number of amides is 1. The molecule has 1 aromatic carbocycles. The zero-order valence-electron chi connectivity index (χ0n) is 11.5. The molecule has 1 aromatic rings. The predicted octanol–water partition coefficient (Wildman–Crippen LogP) is 1.73. The number of ether oxygens (including phenoxy) is 2. The quantitative estimate of drug-likeness (QED) is 0.869. The van der Waals surface area contributed by atoms with Crippen LogP contribution in [0.5, 0.6) is 11.5 Å². The molecule has 0 aromatic heterocycles. The van der Waals surface area contributed by atoms with Crippen molar-refractivity contribution < 1.29 is 14.3 Å². The van der Waals surface area contributed by atoms with Gasteiger partial charge in [-0.25, -0.2) is 0 Å². The average Bonchev–Trinajstić information content (AvgIpc) is 2.64. The summed E-state index contributed by atoms with van der Waals surface area (Å²) in [6.07, 6.45) is 0.843. The fourth-order valence-electron chi connectivity index (χ4n) is 1.97. The molecule has 2 N–H and O–H groups in total. The Kier molecular flexibility index (Phi) is 5.49. The number of hydrogen-bond acceptors (Lipinski definition) is 4. The number of nitrogens with one attached hydrogen (secondary N) is 2. The molecule has 0 spiro atoms. The summed E-state index contributed by atoms with van der Waals surface area (Å²) in [7, 11) is 0. The van der Waals surface area contributed by atoms with Crippen LogP contribution < -0.4 is 20.1 Å². The molecule has 0 radical (unpaired) electrons. The Morgan fingerprint density at radius 2 is 2.15 bits per heavy atom. The van der Waals surface area contributed by atoms with E-state index in [4.69, 9.17) is 21.1 Å². The third-order valence-corrected chi connectivity index (χ3v) is 3.13. The van der Waals surface area contributed by atoms with Gasteiger partial charge >= 0.3 is 0 Å². The highest BCUT2D eigenvalue weighted by Gasteiger charge is 2.15. The lowest BCUT2D eigenvalue weighted by molar-refractivity contribution is -0.120. The second-order valence-corrected chi connectivity index (χ2v) is 4.92. The molecule has 0 saturated carbocycles. The van der Waals surface area contributed by atoms with Crippen molar-refractivity contribution in [3.8, 4) is 11.5 Å². The van der Waals surface area contributed by atoms with E-state index in [-0.39, 0.29) is 12.5 Å². The second-order valence-electron chi connectivity index (χ2n) is 4.51. The summed E-state index contributed by atoms with van der Waals surface area (Å²) < 4.78 is 11.2. The molecule has 0 atom stereocenters. The smallest absolute Gasteiger partial charge is 0.233 e. The fraction of sp³-hybridized carbons (Fsp3) is 0.500. The lowest BCUT2D eigenvalue weighted by Crippen LogP contribution is -2.33. The maximum absolute atomic E-state index is 11.3. The number of fused-ring (bicyclic) bond motifs is 1. The first-order chi connectivity index (χ1) is 9.70. The van der Waals surface area contributed by atoms with Crippen LogP contribution in [0.4, 0.5) is 0 Å². The molecule has 1 heterocycles. The zero-order valence-corrected chi connectivity index (χ0v) is 12.3. The van der Waals surface area contributed by atoms with Crippen LogP contribution in [0.25, 0.3) is 0 Å². The Labute approximate surface area is 123 Å². The fourth-order valence-corrected chi connectivity index (χ4v) is 2.25. The maximum Gasteiger partial charge on any atom is 0.233 e. The minimum Gasteiger partial charge on any atom is -0.489 e. The van der Waals surface area contributed by atoms with Crippen LogP contribution in [0.2, 0.25) is 5.02 Å². The van der Waals surface area contributed by atoms with Gasteiger partial charge in [0.05, 0.1) is 24.8 Å². The van der Waals surface area contributed by atoms with E-state index in [2.05, 4.69) is 10.6 Å². The molecule has 2 rings (SSSR count). The highest BCUT2D eigenvalue weighted by atomic mass is 35.5. The first-order valence-electron chi connectivity index (χ1n) is 6.76. The lowest BCUT2D eigenvalue weighted by Gasteiger charge is -2.12. The van der Waals surface area contributed by atoms with Crippen molar-refractivity contribution in [2.24, 2.45) is 0 Å². The van der Waals surface area contributed by atoms with Gasteiger partial charge in [0.1, 0.15) is 0 Å². The van der Waals surface area contributed by atoms with Crippen LogP contribution in [0.15, 0.2) is 12.1 Å². The second kappa shape index (κ2) is 7.36. The Balaban J connectivity index is 1.97. The molecule has 0 aliphatic carbocycles. The van der Waals surface area contributed by atoms with Gasteiger partial charge in [-0.3, -0.25) is 4.79 Å². The third kappa shape index (κ3) is 4.02. The van der Waals surface area contributed by atoms with Crippen LogP contribution in [0.3, 0.4) is 0 Å². The van der Waals surface area contributed by atoms with Crippen LogP contribution in [-0.4, -0.2) is 32.2 Å². The summed E-state index contributed by atoms with van der Waals surface area (Å²) in [5.74, 6) is 1.26. The van der Waals surface area contributed by atoms with Gasteiger partial charge in [0.2, 0.25) is 5.91 Å². The molecule has 5 nitrogen and oxygen atoms in total. The predicted molar refractivity (Wildman–Crippen MR) is 77.4 cm³/mol. The number of benzene rings is 1. The van der Waals surface area contributed by atoms with Crippen molar-refractivity contribution in [3.63, 3.8) is 0 Å². The van der Waals surface area contributed by atoms with Crippen molar-refractivity contribution >= 4 is 17.5 Å². The molecule has 0 fully saturated rings. The molecule has 110 valence electrons. The molecule has 0 unspecified atom stereocenters. The third-order valence-electron chi connectivity index (χ3n) is 2.85. The van der Waals surface area contributed by atoms with E-state index >= 15 is 0 Å². The monoisotopic (exact) mass is 298 g/mol. The van der Waals surface area contributed by atoms with Crippen molar-refractivity contribution in [2.75, 3.05) is 26.3 Å². The summed E-state index contributed by atoms with van der Waals surface area (Å²) in [5, 5.41) is 6.34. The van der Waals surface area contributed by atoms with Crippen molar-refractivity contribution in [3.05, 3.63) is 22.7 Å². The number of halogens is 1. The minimum atomic E-state index is -0.0204. The summed E-state index contributed by atoms with van der Waals surface area (Å²) in [6, 6.07) is 3.73. The van der Waals surface area contributed by atoms with E-state index in [1.165, 1.54) is 0 Å². The first-order valence-corrected chi connectivity index (χ1v) is 7.14. The Morgan fingerprint density at radius 1 is 1.35 bits per heavy atom. The lowest BCUT2D eigenvalue weighted by atomic mass is 10.2. The summed E-state index contributed by atoms with van der Waals surface area (Å²) >= 11 is 6.20. The summed E-state index contributed by atoms with van der Waals surface area (Å²) in [4.78, 5) is 11.3. The average molecular weight is 299 g/mol. The zero-order chi connectivity index (χ0) is 14.4. The molecule has 6 heteroatoms. The Bertz CT molecular complexity index is 480. The SMILES string of the molecule is CCNC(=O)CNCc1cc(Cl)c2c(c1)OCCCO2. The van der Waals surface area contributed by atoms with E-state index in [1.54, 1.807) is 0 Å². The molecule has 0 bridgehead atoms. The maximum atomic E-state index is 11.3. The molecular weight excluding hydrogens is 280 g/mol. The van der Waals surface area contributed by atoms with E-state index in [1.807, 2.05) is 19.1 Å². The number of carbonyl (C=O) groups is 1. The van der Waals surface area contributed by atoms with E-state index in [9.17, 15) is 4.79 Å². The topological polar surface area (TPSA) is 59.6 Å². The van der Waals surface area contributed by atoms with Gasteiger partial charge in [-0.1, -0.05) is 11.6 Å². The van der Waals surface area contributed by atoms with Crippen LogP contribution in [0.1, 0.15) is 18.9 Å². The van der Waals surface area contributed by atoms with Gasteiger partial charge in [0, 0.05) is 19.5 Å². The Morgan fingerprint density at radius 3 is 2.95 bits per heavy atom. The van der Waals surface area contributed by atoms with Gasteiger partial charge in [0.15, 0.2) is 11.5 Å². The number of likely N-dealkylation sites (N-methyl/N-ethyl adjacent to an activating group) is 1. The highest BCUT2D eigenvalue weighted by molar-refractivity contribution is 6.32. The van der Waals surface area contributed by atoms with Gasteiger partial charge < -0.3 is 20.1 Å². The number of hydrogen-bond donors (Lipinski definition) is 2. The van der Waals surface area contributed by atoms with Crippen molar-refractivity contribution in [1.29, 1.82) is 0 Å². The van der Waals surface area contributed by atoms with Gasteiger partial charge in [-0.05, 0) is 24.6 Å². The molecule has 20 heavy (non-hydrogen) atoms. The minimum absolute atomic E-state index is 0.0204. The summed E-state index contributed by atoms with van der Waals surface area (Å²) in [5.41, 5.74) is 0.962. The van der Waals surface area contributed by atoms with E-state index in [0.29, 0.717) is 42.8 Å². The van der Waals surface area contributed by atoms with E-state index in [0.717, 1.165) is 12.0 Å². The summed E-state index contributed by atoms with van der Waals surface area (Å²) in [6.45, 7) is 4.59. The molecular formula is C14H19ClN2O3. The van der Waals surface area contributed by atoms with Gasteiger partial charge in [-0.15, -0.1) is 0 Å². The van der Waals surface area contributed by atoms with Crippen molar-refractivity contribution in [1.82, 2.24) is 10.6 Å². The van der Waals surface area contributed by atoms with Crippen LogP contribution in [-0.2, 0) is 11.3 Å². The standard InChI is InChI=1S/C14H19ClN2O3/c1-2-17-13(18)9-16-8-10-6-11(15)14-12(7-10)19-4-3-5-20-14/h6-7,16H,2-5,8-9H2,1H3,(H,17,18). The van der Waals surface area contributed by atoms with Crippen LogP contribution in [0, 0.1) is 0 Å². The number of rotatable bonds is 5. The molecule has 1 aliphatic heterocycles. The molecule has 1 amide bonds. The largest absolute Gasteiger partial charge is 0.489 e. The van der Waals surface area contributed by atoms with Gasteiger partial charge in [-0.2, -0.15) is 0 Å². The van der Waals surface area contributed by atoms with Gasteiger partial charge in [0.25, 0.3) is 0 Å². The van der Waals surface area contributed by atoms with Crippen LogP contribution >= 0.6 is 11.6 Å². The first kappa shape index (κ1) is 14.9. The molecule has 0 saturated heterocycles. The molecule has 1 aliphatic rings. The normalized spacial score (nSPS) is 13.7. The van der Waals surface area contributed by atoms with E-state index < -0.39 is 0 Å². The highest BCUT2D eigenvalue weighted by Crippen LogP contribution is 2.37.